The summed E-state index contributed by atoms with van der Waals surface area (Å²) in [7, 11) is 2.07. The van der Waals surface area contributed by atoms with Crippen LogP contribution in [0.1, 0.15) is 0 Å². The third kappa shape index (κ3) is 1.38. The van der Waals surface area contributed by atoms with Crippen LogP contribution in [-0.4, -0.2) is 7.85 Å². The molecule has 0 atom stereocenters. The summed E-state index contributed by atoms with van der Waals surface area (Å²) in [6, 6.07) is 18.5. The molecule has 0 radical (unpaired) electrons. The summed E-state index contributed by atoms with van der Waals surface area (Å²) in [5.41, 5.74) is 4.86. The van der Waals surface area contributed by atoms with E-state index in [-0.39, 0.29) is 0 Å². The summed E-state index contributed by atoms with van der Waals surface area (Å²) in [6.45, 7) is 0. The minimum absolute atomic E-state index is 0.910. The molecule has 0 spiro atoms. The number of hydrogen-bond acceptors (Lipinski definition) is 2. The Bertz CT molecular complexity index is 1150. The SMILES string of the molecule is Bc1cccc2c1oc1cc3c(cc12)oc1ccccc13. The van der Waals surface area contributed by atoms with Gasteiger partial charge in [0, 0.05) is 21.5 Å². The van der Waals surface area contributed by atoms with Gasteiger partial charge in [-0.1, -0.05) is 36.4 Å². The van der Waals surface area contributed by atoms with Gasteiger partial charge >= 0.3 is 0 Å². The van der Waals surface area contributed by atoms with Crippen LogP contribution in [0.15, 0.2) is 63.4 Å². The molecule has 0 aliphatic carbocycles. The number of para-hydroxylation sites is 2. The zero-order chi connectivity index (χ0) is 14.0. The maximum absolute atomic E-state index is 6.07. The van der Waals surface area contributed by atoms with Crippen molar-refractivity contribution in [2.75, 3.05) is 0 Å². The fourth-order valence-electron chi connectivity index (χ4n) is 3.16. The molecule has 3 heteroatoms. The van der Waals surface area contributed by atoms with Crippen molar-refractivity contribution in [1.82, 2.24) is 0 Å². The molecule has 5 aromatic rings. The Morgan fingerprint density at radius 2 is 1.33 bits per heavy atom. The van der Waals surface area contributed by atoms with Crippen LogP contribution in [0.2, 0.25) is 0 Å². The summed E-state index contributed by atoms with van der Waals surface area (Å²) in [5.74, 6) is 0. The van der Waals surface area contributed by atoms with Crippen LogP contribution in [0.4, 0.5) is 0 Å². The first-order valence-corrected chi connectivity index (χ1v) is 7.04. The van der Waals surface area contributed by atoms with Gasteiger partial charge in [-0.3, -0.25) is 0 Å². The predicted octanol–water partition coefficient (Wildman–Crippen LogP) is 3.74. The number of fused-ring (bicyclic) bond motifs is 6. The molecular formula is C18H11BO2. The third-order valence-corrected chi connectivity index (χ3v) is 4.19. The Kier molecular flexibility index (Phi) is 1.94. The lowest BCUT2D eigenvalue weighted by Crippen LogP contribution is -2.00. The molecule has 0 unspecified atom stereocenters. The highest BCUT2D eigenvalue weighted by atomic mass is 16.3. The van der Waals surface area contributed by atoms with Crippen LogP contribution in [0.3, 0.4) is 0 Å². The summed E-state index contributed by atoms with van der Waals surface area (Å²) >= 11 is 0. The van der Waals surface area contributed by atoms with E-state index in [4.69, 9.17) is 8.83 Å². The maximum atomic E-state index is 6.07. The average molecular weight is 270 g/mol. The number of hydrogen-bond donors (Lipinski definition) is 0. The molecular weight excluding hydrogens is 259 g/mol. The Balaban J connectivity index is 2.03. The van der Waals surface area contributed by atoms with Gasteiger partial charge in [0.15, 0.2) is 0 Å². The Morgan fingerprint density at radius 1 is 0.619 bits per heavy atom. The summed E-state index contributed by atoms with van der Waals surface area (Å²) in [5, 5.41) is 4.49. The molecule has 0 saturated carbocycles. The molecule has 0 aliphatic heterocycles. The molecule has 0 amide bonds. The highest BCUT2D eigenvalue weighted by Crippen LogP contribution is 2.35. The van der Waals surface area contributed by atoms with E-state index in [1.165, 1.54) is 0 Å². The normalized spacial score (nSPS) is 12.0. The lowest BCUT2D eigenvalue weighted by molar-refractivity contribution is 0.665. The van der Waals surface area contributed by atoms with E-state index in [0.717, 1.165) is 49.3 Å². The molecule has 0 N–H and O–H groups in total. The van der Waals surface area contributed by atoms with E-state index in [1.54, 1.807) is 0 Å². The van der Waals surface area contributed by atoms with Crippen molar-refractivity contribution in [3.05, 3.63) is 54.6 Å². The van der Waals surface area contributed by atoms with Crippen LogP contribution in [0, 0.1) is 0 Å². The van der Waals surface area contributed by atoms with Crippen molar-refractivity contribution in [2.24, 2.45) is 0 Å². The zero-order valence-electron chi connectivity index (χ0n) is 11.5. The summed E-state index contributed by atoms with van der Waals surface area (Å²) < 4.78 is 12.0. The van der Waals surface area contributed by atoms with Crippen LogP contribution in [-0.2, 0) is 0 Å². The van der Waals surface area contributed by atoms with Gasteiger partial charge in [-0.15, -0.1) is 0 Å². The number of benzene rings is 3. The van der Waals surface area contributed by atoms with Gasteiger partial charge in [-0.25, -0.2) is 0 Å². The Labute approximate surface area is 121 Å². The Morgan fingerprint density at radius 3 is 2.24 bits per heavy atom. The van der Waals surface area contributed by atoms with Gasteiger partial charge in [0.2, 0.25) is 0 Å². The van der Waals surface area contributed by atoms with E-state index in [2.05, 4.69) is 44.2 Å². The molecule has 3 aromatic carbocycles. The van der Waals surface area contributed by atoms with E-state index < -0.39 is 0 Å². The first-order chi connectivity index (χ1) is 10.3. The molecule has 0 aliphatic rings. The fraction of sp³-hybridized carbons (Fsp3) is 0. The molecule has 2 aromatic heterocycles. The van der Waals surface area contributed by atoms with Gasteiger partial charge in [-0.2, -0.15) is 0 Å². The molecule has 0 fully saturated rings. The molecule has 0 bridgehead atoms. The molecule has 21 heavy (non-hydrogen) atoms. The van der Waals surface area contributed by atoms with Crippen LogP contribution < -0.4 is 5.46 Å². The van der Waals surface area contributed by atoms with Crippen LogP contribution in [0.25, 0.3) is 43.9 Å². The van der Waals surface area contributed by atoms with Crippen molar-refractivity contribution < 1.29 is 8.83 Å². The second-order valence-electron chi connectivity index (χ2n) is 5.50. The van der Waals surface area contributed by atoms with Crippen molar-refractivity contribution in [3.63, 3.8) is 0 Å². The second-order valence-corrected chi connectivity index (χ2v) is 5.50. The minimum atomic E-state index is 0.910. The van der Waals surface area contributed by atoms with Crippen LogP contribution in [0.5, 0.6) is 0 Å². The topological polar surface area (TPSA) is 26.3 Å². The van der Waals surface area contributed by atoms with Gasteiger partial charge in [0.25, 0.3) is 0 Å². The van der Waals surface area contributed by atoms with Crippen LogP contribution >= 0.6 is 0 Å². The van der Waals surface area contributed by atoms with Crippen molar-refractivity contribution in [1.29, 1.82) is 0 Å². The standard InChI is InChI=1S/C18H11BO2/c19-14-6-3-5-11-13-9-16-12(8-17(13)21-18(11)14)10-4-1-2-7-15(10)20-16/h1-9H,19H2. The average Bonchev–Trinajstić information content (AvgIpc) is 3.04. The molecule has 2 nitrogen and oxygen atoms in total. The molecule has 98 valence electrons. The maximum Gasteiger partial charge on any atom is 0.144 e. The smallest absolute Gasteiger partial charge is 0.144 e. The van der Waals surface area contributed by atoms with E-state index in [9.17, 15) is 0 Å². The third-order valence-electron chi connectivity index (χ3n) is 4.19. The number of rotatable bonds is 0. The first-order valence-electron chi connectivity index (χ1n) is 7.04. The Hall–Kier alpha value is -2.68. The summed E-state index contributed by atoms with van der Waals surface area (Å²) in [6.07, 6.45) is 0. The van der Waals surface area contributed by atoms with Gasteiger partial charge < -0.3 is 8.83 Å². The molecule has 2 heterocycles. The molecule has 0 saturated heterocycles. The van der Waals surface area contributed by atoms with Crippen molar-refractivity contribution >= 4 is 57.2 Å². The summed E-state index contributed by atoms with van der Waals surface area (Å²) in [4.78, 5) is 0. The van der Waals surface area contributed by atoms with E-state index in [0.29, 0.717) is 0 Å². The zero-order valence-corrected chi connectivity index (χ0v) is 11.5. The minimum Gasteiger partial charge on any atom is -0.457 e. The largest absolute Gasteiger partial charge is 0.457 e. The first kappa shape index (κ1) is 11.0. The lowest BCUT2D eigenvalue weighted by Gasteiger charge is -1.92. The van der Waals surface area contributed by atoms with Gasteiger partial charge in [0.1, 0.15) is 30.2 Å². The van der Waals surface area contributed by atoms with E-state index >= 15 is 0 Å². The highest BCUT2D eigenvalue weighted by Gasteiger charge is 2.13. The molecule has 5 rings (SSSR count). The quantitative estimate of drug-likeness (QED) is 0.401. The van der Waals surface area contributed by atoms with Gasteiger partial charge in [-0.05, 0) is 23.7 Å². The second kappa shape index (κ2) is 3.70. The van der Waals surface area contributed by atoms with Gasteiger partial charge in [0.05, 0.1) is 0 Å². The fourth-order valence-corrected chi connectivity index (χ4v) is 3.16. The predicted molar refractivity (Wildman–Crippen MR) is 89.2 cm³/mol. The lowest BCUT2D eigenvalue weighted by atomic mass is 9.94. The van der Waals surface area contributed by atoms with Crippen molar-refractivity contribution in [3.8, 4) is 0 Å². The monoisotopic (exact) mass is 270 g/mol. The highest BCUT2D eigenvalue weighted by molar-refractivity contribution is 6.39. The number of furan rings is 2. The van der Waals surface area contributed by atoms with Crippen molar-refractivity contribution in [2.45, 2.75) is 0 Å². The van der Waals surface area contributed by atoms with E-state index in [1.807, 2.05) is 18.2 Å².